The number of nitriles is 1. The number of fused-ring (bicyclic) bond motifs is 5. The molecule has 0 bridgehead atoms. The number of alkyl halides is 3. The third kappa shape index (κ3) is 5.30. The van der Waals surface area contributed by atoms with Gasteiger partial charge in [0.15, 0.2) is 0 Å². The van der Waals surface area contributed by atoms with Crippen LogP contribution in [0.15, 0.2) is 85.1 Å². The van der Waals surface area contributed by atoms with Crippen molar-refractivity contribution in [3.8, 4) is 39.6 Å². The van der Waals surface area contributed by atoms with E-state index in [1.807, 2.05) is 66.4 Å². The number of carbonyl (C=O) groups is 1. The van der Waals surface area contributed by atoms with Crippen LogP contribution in [0.4, 0.5) is 13.2 Å². The van der Waals surface area contributed by atoms with Crippen LogP contribution in [0.5, 0.6) is 0 Å². The minimum absolute atomic E-state index is 0.0156. The molecule has 0 saturated carbocycles. The van der Waals surface area contributed by atoms with Crippen molar-refractivity contribution >= 4 is 5.91 Å². The molecule has 5 aromatic rings. The molecule has 2 aromatic heterocycles. The Bertz CT molecular complexity index is 2190. The molecule has 0 unspecified atom stereocenters. The lowest BCUT2D eigenvalue weighted by molar-refractivity contribution is -0.127. The second-order valence-electron chi connectivity index (χ2n) is 13.8. The summed E-state index contributed by atoms with van der Waals surface area (Å²) < 4.78 is 44.2. The first-order chi connectivity index (χ1) is 24.1. The van der Waals surface area contributed by atoms with Crippen molar-refractivity contribution in [1.29, 1.82) is 5.26 Å². The zero-order valence-corrected chi connectivity index (χ0v) is 28.0. The Balaban J connectivity index is 1.08. The molecule has 6 nitrogen and oxygen atoms in total. The van der Waals surface area contributed by atoms with E-state index in [0.717, 1.165) is 69.7 Å². The molecule has 4 heterocycles. The summed E-state index contributed by atoms with van der Waals surface area (Å²) in [7, 11) is 2.12. The molecule has 1 fully saturated rings. The minimum Gasteiger partial charge on any atom is -0.341 e. The zero-order chi connectivity index (χ0) is 34.8. The van der Waals surface area contributed by atoms with E-state index in [1.54, 1.807) is 18.3 Å². The first kappa shape index (κ1) is 32.0. The summed E-state index contributed by atoms with van der Waals surface area (Å²) in [5, 5.41) is 9.08. The number of likely N-dealkylation sites (tertiary alicyclic amines) is 1. The molecular weight excluding hydrogens is 635 g/mol. The fraction of sp³-hybridized carbons (Fsp3) is 0.293. The molecule has 8 rings (SSSR count). The summed E-state index contributed by atoms with van der Waals surface area (Å²) in [6.07, 6.45) is -1.57. The van der Waals surface area contributed by atoms with E-state index < -0.39 is 12.6 Å². The van der Waals surface area contributed by atoms with E-state index in [9.17, 15) is 18.0 Å². The number of amides is 1. The van der Waals surface area contributed by atoms with Gasteiger partial charge in [0.25, 0.3) is 5.91 Å². The highest BCUT2D eigenvalue weighted by Crippen LogP contribution is 2.48. The van der Waals surface area contributed by atoms with Gasteiger partial charge in [-0.05, 0) is 109 Å². The van der Waals surface area contributed by atoms with Gasteiger partial charge in [-0.2, -0.15) is 18.4 Å². The molecule has 9 heteroatoms. The van der Waals surface area contributed by atoms with E-state index in [4.69, 9.17) is 5.26 Å². The molecular formula is C41H36F3N5O. The summed E-state index contributed by atoms with van der Waals surface area (Å²) in [5.41, 5.74) is 10.7. The molecule has 1 amide bonds. The van der Waals surface area contributed by atoms with Gasteiger partial charge in [-0.3, -0.25) is 9.69 Å². The Labute approximate surface area is 289 Å². The van der Waals surface area contributed by atoms with Gasteiger partial charge in [0.05, 0.1) is 12.0 Å². The van der Waals surface area contributed by atoms with Gasteiger partial charge in [0.1, 0.15) is 11.8 Å². The highest BCUT2D eigenvalue weighted by Gasteiger charge is 2.45. The quantitative estimate of drug-likeness (QED) is 0.190. The van der Waals surface area contributed by atoms with E-state index in [2.05, 4.69) is 39.7 Å². The molecule has 0 N–H and O–H groups in total. The zero-order valence-electron chi connectivity index (χ0n) is 28.0. The normalized spacial score (nSPS) is 16.5. The van der Waals surface area contributed by atoms with Crippen LogP contribution in [0.3, 0.4) is 0 Å². The molecule has 1 saturated heterocycles. The largest absolute Gasteiger partial charge is 0.393 e. The smallest absolute Gasteiger partial charge is 0.341 e. The van der Waals surface area contributed by atoms with Crippen LogP contribution in [0, 0.1) is 18.3 Å². The number of aryl methyl sites for hydroxylation is 1. The standard InChI is InChI=1S/C41H36F3N5O/c1-26-21-28(8-11-32(26)30-7-10-31(24-45)46-25-30)39(50)48-17-15-40(16-18-48)37-14-13-36(49(37)20-19-47(40)2)38-29(23-41(42,43)44)9-12-34-33-6-4-3-5-27(33)22-35(34)38/h3-14,21,25H,15-20,22-23H2,1-2H3. The van der Waals surface area contributed by atoms with Crippen molar-refractivity contribution in [2.75, 3.05) is 26.7 Å². The SMILES string of the molecule is Cc1cc(C(=O)N2CCC3(CC2)c2ccc(-c4c(CC(F)(F)F)ccc5c4Cc4ccccc4-5)n2CCN3C)ccc1-c1ccc(C#N)nc1. The number of nitrogens with zero attached hydrogens (tertiary/aromatic N) is 5. The van der Waals surface area contributed by atoms with Gasteiger partial charge in [-0.25, -0.2) is 4.98 Å². The molecule has 0 radical (unpaired) electrons. The lowest BCUT2D eigenvalue weighted by Crippen LogP contribution is -2.56. The first-order valence-electron chi connectivity index (χ1n) is 17.0. The summed E-state index contributed by atoms with van der Waals surface area (Å²) in [6.45, 7) is 4.55. The van der Waals surface area contributed by atoms with Crippen LogP contribution >= 0.6 is 0 Å². The number of pyridine rings is 1. The van der Waals surface area contributed by atoms with Gasteiger partial charge in [0.2, 0.25) is 0 Å². The second kappa shape index (κ2) is 12.0. The number of carbonyl (C=O) groups excluding carboxylic acids is 1. The number of benzene rings is 3. The Morgan fingerprint density at radius 3 is 2.42 bits per heavy atom. The second-order valence-corrected chi connectivity index (χ2v) is 13.8. The molecule has 0 atom stereocenters. The number of aromatic nitrogens is 2. The lowest BCUT2D eigenvalue weighted by atomic mass is 9.81. The Morgan fingerprint density at radius 1 is 0.920 bits per heavy atom. The number of likely N-dealkylation sites (N-methyl/N-ethyl adjacent to an activating group) is 1. The Kier molecular flexibility index (Phi) is 7.68. The number of hydrogen-bond acceptors (Lipinski definition) is 4. The van der Waals surface area contributed by atoms with Gasteiger partial charge in [-0.1, -0.05) is 42.5 Å². The fourth-order valence-corrected chi connectivity index (χ4v) is 8.58. The summed E-state index contributed by atoms with van der Waals surface area (Å²) in [5.74, 6) is -0.0156. The maximum Gasteiger partial charge on any atom is 0.393 e. The van der Waals surface area contributed by atoms with Crippen molar-refractivity contribution in [2.24, 2.45) is 0 Å². The highest BCUT2D eigenvalue weighted by atomic mass is 19.4. The average Bonchev–Trinajstić information content (AvgIpc) is 3.71. The van der Waals surface area contributed by atoms with Crippen molar-refractivity contribution in [3.63, 3.8) is 0 Å². The van der Waals surface area contributed by atoms with Crippen LogP contribution in [0.25, 0.3) is 33.5 Å². The van der Waals surface area contributed by atoms with E-state index in [0.29, 0.717) is 48.4 Å². The fourth-order valence-electron chi connectivity index (χ4n) is 8.58. The monoisotopic (exact) mass is 671 g/mol. The van der Waals surface area contributed by atoms with Gasteiger partial charge >= 0.3 is 6.18 Å². The van der Waals surface area contributed by atoms with E-state index in [1.165, 1.54) is 0 Å². The summed E-state index contributed by atoms with van der Waals surface area (Å²) >= 11 is 0. The van der Waals surface area contributed by atoms with Crippen LogP contribution in [0.1, 0.15) is 56.8 Å². The molecule has 1 spiro atoms. The Hall–Kier alpha value is -5.20. The average molecular weight is 672 g/mol. The number of rotatable bonds is 4. The number of halogens is 3. The molecule has 3 aromatic carbocycles. The van der Waals surface area contributed by atoms with Gasteiger partial charge in [-0.15, -0.1) is 0 Å². The molecule has 2 aliphatic heterocycles. The van der Waals surface area contributed by atoms with E-state index >= 15 is 0 Å². The van der Waals surface area contributed by atoms with E-state index in [-0.39, 0.29) is 11.4 Å². The molecule has 3 aliphatic rings. The van der Waals surface area contributed by atoms with Crippen LogP contribution < -0.4 is 0 Å². The maximum atomic E-state index is 14.0. The maximum absolute atomic E-state index is 14.0. The van der Waals surface area contributed by atoms with Crippen molar-refractivity contribution in [1.82, 2.24) is 19.4 Å². The topological polar surface area (TPSA) is 65.2 Å². The molecule has 50 heavy (non-hydrogen) atoms. The minimum atomic E-state index is -4.33. The van der Waals surface area contributed by atoms with Crippen LogP contribution in [-0.4, -0.2) is 58.1 Å². The summed E-state index contributed by atoms with van der Waals surface area (Å²) in [4.78, 5) is 22.3. The van der Waals surface area contributed by atoms with Crippen LogP contribution in [0.2, 0.25) is 0 Å². The molecule has 1 aliphatic carbocycles. The van der Waals surface area contributed by atoms with Crippen molar-refractivity contribution in [2.45, 2.75) is 50.9 Å². The predicted octanol–water partition coefficient (Wildman–Crippen LogP) is 8.15. The molecule has 252 valence electrons. The summed E-state index contributed by atoms with van der Waals surface area (Å²) in [6, 6.07) is 27.1. The van der Waals surface area contributed by atoms with Crippen molar-refractivity contribution < 1.29 is 18.0 Å². The van der Waals surface area contributed by atoms with Crippen molar-refractivity contribution in [3.05, 3.63) is 124 Å². The number of hydrogen-bond donors (Lipinski definition) is 0. The third-order valence-electron chi connectivity index (χ3n) is 11.1. The third-order valence-corrected chi connectivity index (χ3v) is 11.1. The highest BCUT2D eigenvalue weighted by molar-refractivity contribution is 5.95. The number of piperidine rings is 1. The Morgan fingerprint density at radius 2 is 1.70 bits per heavy atom. The van der Waals surface area contributed by atoms with Crippen LogP contribution in [-0.2, 0) is 24.9 Å². The predicted molar refractivity (Wildman–Crippen MR) is 186 cm³/mol. The van der Waals surface area contributed by atoms with Gasteiger partial charge < -0.3 is 9.47 Å². The lowest BCUT2D eigenvalue weighted by Gasteiger charge is -2.50. The van der Waals surface area contributed by atoms with Gasteiger partial charge in [0, 0.05) is 60.5 Å². The first-order valence-corrected chi connectivity index (χ1v) is 17.0.